The fourth-order valence-corrected chi connectivity index (χ4v) is 4.99. The summed E-state index contributed by atoms with van der Waals surface area (Å²) in [5, 5.41) is 18.8. The quantitative estimate of drug-likeness (QED) is 0.868. The molecular weight excluding hydrogens is 264 g/mol. The molecule has 3 rings (SSSR count). The summed E-state index contributed by atoms with van der Waals surface area (Å²) in [5.41, 5.74) is 0.257. The molecule has 0 aromatic rings. The molecule has 1 heterocycles. The van der Waals surface area contributed by atoms with Gasteiger partial charge in [0, 0.05) is 13.0 Å². The Hall–Kier alpha value is -1.08. The minimum atomic E-state index is -0.191. The van der Waals surface area contributed by atoms with Crippen molar-refractivity contribution in [3.8, 4) is 6.07 Å². The third-order valence-electron chi connectivity index (χ3n) is 5.99. The molecule has 4 heteroatoms. The van der Waals surface area contributed by atoms with Crippen LogP contribution < -0.4 is 0 Å². The van der Waals surface area contributed by atoms with Crippen LogP contribution in [0.2, 0.25) is 0 Å². The van der Waals surface area contributed by atoms with Crippen LogP contribution >= 0.6 is 0 Å². The van der Waals surface area contributed by atoms with Crippen molar-refractivity contribution in [2.24, 2.45) is 17.3 Å². The Balaban J connectivity index is 1.51. The molecule has 4 nitrogen and oxygen atoms in total. The first-order chi connectivity index (χ1) is 10.0. The summed E-state index contributed by atoms with van der Waals surface area (Å²) in [6.07, 6.45) is 7.44. The normalized spacial score (nSPS) is 42.0. The molecule has 21 heavy (non-hydrogen) atoms. The smallest absolute Gasteiger partial charge is 0.223 e. The van der Waals surface area contributed by atoms with E-state index in [-0.39, 0.29) is 23.5 Å². The van der Waals surface area contributed by atoms with Crippen molar-refractivity contribution in [1.82, 2.24) is 4.90 Å². The highest BCUT2D eigenvalue weighted by molar-refractivity contribution is 5.77. The van der Waals surface area contributed by atoms with E-state index in [4.69, 9.17) is 5.26 Å². The number of likely N-dealkylation sites (tertiary alicyclic amines) is 1. The van der Waals surface area contributed by atoms with Crippen molar-refractivity contribution in [3.05, 3.63) is 0 Å². The van der Waals surface area contributed by atoms with Crippen LogP contribution in [-0.2, 0) is 4.79 Å². The molecule has 3 aliphatic rings. The average Bonchev–Trinajstić information content (AvgIpc) is 3.09. The second kappa shape index (κ2) is 5.61. The predicted octanol–water partition coefficient (Wildman–Crippen LogP) is 2.47. The molecule has 2 aliphatic carbocycles. The maximum absolute atomic E-state index is 12.3. The van der Waals surface area contributed by atoms with E-state index in [2.05, 4.69) is 13.0 Å². The molecule has 5 atom stereocenters. The zero-order valence-electron chi connectivity index (χ0n) is 12.9. The first kappa shape index (κ1) is 14.8. The van der Waals surface area contributed by atoms with Crippen molar-refractivity contribution < 1.29 is 9.90 Å². The Morgan fingerprint density at radius 2 is 2.05 bits per heavy atom. The van der Waals surface area contributed by atoms with Gasteiger partial charge >= 0.3 is 0 Å². The van der Waals surface area contributed by atoms with E-state index in [1.807, 2.05) is 0 Å². The van der Waals surface area contributed by atoms with Crippen LogP contribution in [0.15, 0.2) is 0 Å². The summed E-state index contributed by atoms with van der Waals surface area (Å²) >= 11 is 0. The van der Waals surface area contributed by atoms with Gasteiger partial charge in [-0.3, -0.25) is 4.79 Å². The van der Waals surface area contributed by atoms with E-state index in [9.17, 15) is 9.90 Å². The summed E-state index contributed by atoms with van der Waals surface area (Å²) in [6.45, 7) is 3.06. The summed E-state index contributed by atoms with van der Waals surface area (Å²) in [5.74, 6) is 1.50. The molecule has 3 fully saturated rings. The van der Waals surface area contributed by atoms with E-state index in [0.29, 0.717) is 18.3 Å². The van der Waals surface area contributed by atoms with Gasteiger partial charge in [0.2, 0.25) is 5.91 Å². The Labute approximate surface area is 127 Å². The van der Waals surface area contributed by atoms with Gasteiger partial charge < -0.3 is 10.0 Å². The molecule has 0 bridgehead atoms. The SMILES string of the molecule is CC1(CCC(=O)N2CCC[C@H]2C#N)C[C@H]2CC(O)C[C@H]2C1. The molecule has 1 aliphatic heterocycles. The van der Waals surface area contributed by atoms with Crippen molar-refractivity contribution >= 4 is 5.91 Å². The average molecular weight is 290 g/mol. The molecule has 1 saturated heterocycles. The largest absolute Gasteiger partial charge is 0.393 e. The van der Waals surface area contributed by atoms with Gasteiger partial charge in [0.25, 0.3) is 0 Å². The van der Waals surface area contributed by atoms with Crippen LogP contribution in [0.4, 0.5) is 0 Å². The van der Waals surface area contributed by atoms with Crippen LogP contribution in [0.5, 0.6) is 0 Å². The number of carbonyl (C=O) groups excluding carboxylic acids is 1. The maximum Gasteiger partial charge on any atom is 0.223 e. The minimum Gasteiger partial charge on any atom is -0.393 e. The van der Waals surface area contributed by atoms with E-state index in [1.165, 1.54) is 0 Å². The lowest BCUT2D eigenvalue weighted by molar-refractivity contribution is -0.131. The molecule has 0 spiro atoms. The number of nitrogens with zero attached hydrogens (tertiary/aromatic N) is 2. The van der Waals surface area contributed by atoms with Gasteiger partial charge in [-0.2, -0.15) is 5.26 Å². The van der Waals surface area contributed by atoms with Crippen LogP contribution in [0.1, 0.15) is 58.3 Å². The number of rotatable bonds is 3. The van der Waals surface area contributed by atoms with Gasteiger partial charge in [-0.05, 0) is 62.2 Å². The first-order valence-electron chi connectivity index (χ1n) is 8.38. The zero-order chi connectivity index (χ0) is 15.0. The molecule has 0 aromatic heterocycles. The van der Waals surface area contributed by atoms with Crippen LogP contribution in [0.3, 0.4) is 0 Å². The zero-order valence-corrected chi connectivity index (χ0v) is 12.9. The molecule has 1 N–H and O–H groups in total. The molecule has 0 aromatic carbocycles. The Morgan fingerprint density at radius 3 is 2.67 bits per heavy atom. The molecular formula is C17H26N2O2. The lowest BCUT2D eigenvalue weighted by atomic mass is 9.81. The summed E-state index contributed by atoms with van der Waals surface area (Å²) in [6, 6.07) is 2.06. The number of aliphatic hydroxyl groups is 1. The van der Waals surface area contributed by atoms with Gasteiger partial charge in [-0.1, -0.05) is 6.92 Å². The van der Waals surface area contributed by atoms with Crippen LogP contribution in [0, 0.1) is 28.6 Å². The number of aliphatic hydroxyl groups excluding tert-OH is 1. The van der Waals surface area contributed by atoms with E-state index >= 15 is 0 Å². The Kier molecular flexibility index (Phi) is 3.96. The number of nitriles is 1. The predicted molar refractivity (Wildman–Crippen MR) is 79.1 cm³/mol. The highest BCUT2D eigenvalue weighted by Gasteiger charge is 2.46. The van der Waals surface area contributed by atoms with E-state index in [1.54, 1.807) is 4.90 Å². The highest BCUT2D eigenvalue weighted by Crippen LogP contribution is 2.54. The molecule has 0 radical (unpaired) electrons. The van der Waals surface area contributed by atoms with Crippen molar-refractivity contribution in [2.45, 2.75) is 70.4 Å². The second-order valence-corrected chi connectivity index (χ2v) is 7.74. The monoisotopic (exact) mass is 290 g/mol. The highest BCUT2D eigenvalue weighted by atomic mass is 16.3. The van der Waals surface area contributed by atoms with Gasteiger partial charge in [-0.25, -0.2) is 0 Å². The van der Waals surface area contributed by atoms with Gasteiger partial charge in [-0.15, -0.1) is 0 Å². The summed E-state index contributed by atoms with van der Waals surface area (Å²) < 4.78 is 0. The fraction of sp³-hybridized carbons (Fsp3) is 0.882. The van der Waals surface area contributed by atoms with E-state index in [0.717, 1.165) is 51.5 Å². The van der Waals surface area contributed by atoms with Crippen molar-refractivity contribution in [2.75, 3.05) is 6.54 Å². The van der Waals surface area contributed by atoms with Crippen LogP contribution in [-0.4, -0.2) is 34.6 Å². The first-order valence-corrected chi connectivity index (χ1v) is 8.38. The van der Waals surface area contributed by atoms with Gasteiger partial charge in [0.1, 0.15) is 6.04 Å². The van der Waals surface area contributed by atoms with Crippen LogP contribution in [0.25, 0.3) is 0 Å². The lowest BCUT2D eigenvalue weighted by Crippen LogP contribution is -2.35. The number of hydrogen-bond donors (Lipinski definition) is 1. The molecule has 116 valence electrons. The molecule has 2 saturated carbocycles. The Morgan fingerprint density at radius 1 is 1.38 bits per heavy atom. The third kappa shape index (κ3) is 2.94. The summed E-state index contributed by atoms with van der Waals surface area (Å²) in [7, 11) is 0. The van der Waals surface area contributed by atoms with Crippen molar-refractivity contribution in [3.63, 3.8) is 0 Å². The number of amides is 1. The van der Waals surface area contributed by atoms with Gasteiger partial charge in [0.15, 0.2) is 0 Å². The third-order valence-corrected chi connectivity index (χ3v) is 5.99. The van der Waals surface area contributed by atoms with Crippen molar-refractivity contribution in [1.29, 1.82) is 5.26 Å². The number of hydrogen-bond acceptors (Lipinski definition) is 3. The summed E-state index contributed by atoms with van der Waals surface area (Å²) in [4.78, 5) is 14.1. The maximum atomic E-state index is 12.3. The van der Waals surface area contributed by atoms with E-state index < -0.39 is 0 Å². The number of carbonyl (C=O) groups is 1. The topological polar surface area (TPSA) is 64.3 Å². The van der Waals surface area contributed by atoms with Gasteiger partial charge in [0.05, 0.1) is 12.2 Å². The lowest BCUT2D eigenvalue weighted by Gasteiger charge is -2.27. The molecule has 1 amide bonds. The molecule has 2 unspecified atom stereocenters. The standard InChI is InChI=1S/C17H26N2O2/c1-17(9-12-7-15(20)8-13(12)10-17)5-4-16(21)19-6-2-3-14(19)11-18/h12-15,20H,2-10H2,1H3/t12-,13+,14-,15?,17?/m0/s1. The minimum absolute atomic E-state index is 0.0906. The Bertz CT molecular complexity index is 442. The second-order valence-electron chi connectivity index (χ2n) is 7.74. The fourth-order valence-electron chi connectivity index (χ4n) is 4.99. The number of fused-ring (bicyclic) bond motifs is 1.